The van der Waals surface area contributed by atoms with Gasteiger partial charge < -0.3 is 4.57 Å². The lowest BCUT2D eigenvalue weighted by Crippen LogP contribution is -2.30. The molecule has 2 aromatic carbocycles. The molecule has 134 valence electrons. The Morgan fingerprint density at radius 2 is 1.73 bits per heavy atom. The molecule has 0 spiro atoms. The highest BCUT2D eigenvalue weighted by atomic mass is 19.1. The quantitative estimate of drug-likeness (QED) is 0.628. The van der Waals surface area contributed by atoms with Crippen LogP contribution < -0.4 is 0 Å². The highest BCUT2D eigenvalue weighted by Gasteiger charge is 2.29. The molecule has 0 aliphatic carbocycles. The first kappa shape index (κ1) is 17.0. The average molecular weight is 348 g/mol. The highest BCUT2D eigenvalue weighted by Crippen LogP contribution is 2.36. The first-order valence-corrected chi connectivity index (χ1v) is 9.33. The van der Waals surface area contributed by atoms with Crippen molar-refractivity contribution in [3.63, 3.8) is 0 Å². The second-order valence-corrected chi connectivity index (χ2v) is 7.29. The Hall–Kier alpha value is -2.39. The second kappa shape index (κ2) is 7.08. The van der Waals surface area contributed by atoms with Gasteiger partial charge in [0, 0.05) is 31.5 Å². The van der Waals surface area contributed by atoms with Gasteiger partial charge in [0.15, 0.2) is 0 Å². The number of nitrogens with zero attached hydrogens (tertiary/aromatic N) is 2. The van der Waals surface area contributed by atoms with Gasteiger partial charge in [-0.3, -0.25) is 4.90 Å². The van der Waals surface area contributed by atoms with E-state index in [1.54, 1.807) is 12.1 Å². The molecule has 1 atom stereocenters. The lowest BCUT2D eigenvalue weighted by molar-refractivity contribution is 0.219. The summed E-state index contributed by atoms with van der Waals surface area (Å²) in [5.41, 5.74) is 6.37. The topological polar surface area (TPSA) is 8.17 Å². The largest absolute Gasteiger partial charge is 0.350 e. The maximum atomic E-state index is 13.7. The summed E-state index contributed by atoms with van der Waals surface area (Å²) in [4.78, 5) is 2.50. The van der Waals surface area contributed by atoms with Gasteiger partial charge in [0.1, 0.15) is 5.82 Å². The van der Waals surface area contributed by atoms with Crippen LogP contribution in [0.15, 0.2) is 60.8 Å². The zero-order valence-corrected chi connectivity index (χ0v) is 15.5. The Balaban J connectivity index is 1.81. The first-order chi connectivity index (χ1) is 12.6. The van der Waals surface area contributed by atoms with Gasteiger partial charge in [-0.2, -0.15) is 0 Å². The van der Waals surface area contributed by atoms with E-state index in [4.69, 9.17) is 0 Å². The van der Waals surface area contributed by atoms with Crippen molar-refractivity contribution >= 4 is 0 Å². The van der Waals surface area contributed by atoms with E-state index in [1.165, 1.54) is 28.5 Å². The molecule has 1 aliphatic rings. The molecule has 0 bridgehead atoms. The van der Waals surface area contributed by atoms with E-state index in [2.05, 4.69) is 59.8 Å². The molecule has 0 amide bonds. The van der Waals surface area contributed by atoms with Crippen molar-refractivity contribution in [3.05, 3.63) is 94.6 Å². The minimum Gasteiger partial charge on any atom is -0.350 e. The van der Waals surface area contributed by atoms with Crippen LogP contribution in [0.5, 0.6) is 0 Å². The summed E-state index contributed by atoms with van der Waals surface area (Å²) >= 11 is 0. The molecule has 0 saturated heterocycles. The van der Waals surface area contributed by atoms with Gasteiger partial charge in [0.2, 0.25) is 0 Å². The Labute approximate surface area is 154 Å². The van der Waals surface area contributed by atoms with E-state index in [-0.39, 0.29) is 11.9 Å². The van der Waals surface area contributed by atoms with E-state index in [0.717, 1.165) is 31.6 Å². The van der Waals surface area contributed by atoms with Gasteiger partial charge in [0.05, 0.1) is 6.04 Å². The number of aromatic nitrogens is 1. The number of rotatable bonds is 3. The fourth-order valence-electron chi connectivity index (χ4n) is 4.27. The molecule has 0 fully saturated rings. The Morgan fingerprint density at radius 3 is 2.50 bits per heavy atom. The molecule has 0 N–H and O–H groups in total. The zero-order chi connectivity index (χ0) is 18.1. The van der Waals surface area contributed by atoms with Gasteiger partial charge in [-0.25, -0.2) is 4.39 Å². The summed E-state index contributed by atoms with van der Waals surface area (Å²) in [6, 6.07) is 18.1. The van der Waals surface area contributed by atoms with Crippen LogP contribution >= 0.6 is 0 Å². The van der Waals surface area contributed by atoms with Crippen molar-refractivity contribution in [3.8, 4) is 0 Å². The van der Waals surface area contributed by atoms with Crippen molar-refractivity contribution in [2.24, 2.45) is 0 Å². The van der Waals surface area contributed by atoms with Gasteiger partial charge >= 0.3 is 0 Å². The third kappa shape index (κ3) is 3.19. The Kier molecular flexibility index (Phi) is 4.64. The summed E-state index contributed by atoms with van der Waals surface area (Å²) in [7, 11) is 0. The van der Waals surface area contributed by atoms with Crippen molar-refractivity contribution < 1.29 is 4.39 Å². The van der Waals surface area contributed by atoms with Crippen LogP contribution in [0.25, 0.3) is 0 Å². The third-order valence-corrected chi connectivity index (χ3v) is 5.44. The molecular weight excluding hydrogens is 323 g/mol. The number of fused-ring (bicyclic) bond motifs is 1. The lowest BCUT2D eigenvalue weighted by Gasteiger charge is -2.32. The fourth-order valence-corrected chi connectivity index (χ4v) is 4.27. The Morgan fingerprint density at radius 1 is 0.962 bits per heavy atom. The van der Waals surface area contributed by atoms with Crippen molar-refractivity contribution in [1.29, 1.82) is 0 Å². The van der Waals surface area contributed by atoms with Crippen molar-refractivity contribution in [1.82, 2.24) is 9.47 Å². The summed E-state index contributed by atoms with van der Waals surface area (Å²) in [6.07, 6.45) is 3.28. The zero-order valence-electron chi connectivity index (χ0n) is 15.5. The molecule has 3 aromatic rings. The van der Waals surface area contributed by atoms with E-state index in [0.29, 0.717) is 0 Å². The summed E-state index contributed by atoms with van der Waals surface area (Å²) in [6.45, 7) is 7.17. The fraction of sp³-hybridized carbons (Fsp3) is 0.304. The molecule has 3 heteroatoms. The number of hydrogen-bond acceptors (Lipinski definition) is 1. The molecule has 2 heterocycles. The van der Waals surface area contributed by atoms with Gasteiger partial charge in [-0.05, 0) is 66.8 Å². The minimum absolute atomic E-state index is 0.163. The standard InChI is InChI=1S/C23H25FN2/c1-17-7-3-8-18(2)22(17)23-21-11-5-12-25(21)13-6-14-26(23)16-19-9-4-10-20(24)15-19/h3-5,7-12,15,23H,6,13-14,16H2,1-2H3. The molecule has 1 unspecified atom stereocenters. The molecule has 4 rings (SSSR count). The number of benzene rings is 2. The van der Waals surface area contributed by atoms with E-state index < -0.39 is 0 Å². The summed E-state index contributed by atoms with van der Waals surface area (Å²) in [5, 5.41) is 0. The smallest absolute Gasteiger partial charge is 0.123 e. The third-order valence-electron chi connectivity index (χ3n) is 5.44. The summed E-state index contributed by atoms with van der Waals surface area (Å²) in [5.74, 6) is -0.163. The van der Waals surface area contributed by atoms with Gasteiger partial charge in [-0.1, -0.05) is 30.3 Å². The van der Waals surface area contributed by atoms with Crippen LogP contribution in [0.1, 0.15) is 40.4 Å². The van der Waals surface area contributed by atoms with Crippen molar-refractivity contribution in [2.75, 3.05) is 6.54 Å². The predicted octanol–water partition coefficient (Wildman–Crippen LogP) is 5.24. The molecule has 1 aromatic heterocycles. The van der Waals surface area contributed by atoms with Gasteiger partial charge in [-0.15, -0.1) is 0 Å². The van der Waals surface area contributed by atoms with Crippen LogP contribution in [0.3, 0.4) is 0 Å². The summed E-state index contributed by atoms with van der Waals surface area (Å²) < 4.78 is 16.1. The van der Waals surface area contributed by atoms with Gasteiger partial charge in [0.25, 0.3) is 0 Å². The van der Waals surface area contributed by atoms with Crippen LogP contribution in [0, 0.1) is 19.7 Å². The predicted molar refractivity (Wildman–Crippen MR) is 104 cm³/mol. The monoisotopic (exact) mass is 348 g/mol. The van der Waals surface area contributed by atoms with Crippen molar-refractivity contribution in [2.45, 2.75) is 39.4 Å². The highest BCUT2D eigenvalue weighted by molar-refractivity contribution is 5.41. The minimum atomic E-state index is -0.163. The second-order valence-electron chi connectivity index (χ2n) is 7.29. The molecular formula is C23H25FN2. The molecule has 1 aliphatic heterocycles. The van der Waals surface area contributed by atoms with Crippen LogP contribution in [0.4, 0.5) is 4.39 Å². The maximum absolute atomic E-state index is 13.7. The Bertz CT molecular complexity index is 892. The lowest BCUT2D eigenvalue weighted by atomic mass is 9.92. The molecule has 0 radical (unpaired) electrons. The first-order valence-electron chi connectivity index (χ1n) is 9.33. The van der Waals surface area contributed by atoms with Crippen LogP contribution in [-0.4, -0.2) is 16.0 Å². The van der Waals surface area contributed by atoms with E-state index in [1.807, 2.05) is 6.07 Å². The SMILES string of the molecule is Cc1cccc(C)c1C1c2cccn2CCCN1Cc1cccc(F)c1. The van der Waals surface area contributed by atoms with E-state index >= 15 is 0 Å². The molecule has 26 heavy (non-hydrogen) atoms. The normalized spacial score (nSPS) is 17.7. The average Bonchev–Trinajstić information content (AvgIpc) is 2.99. The van der Waals surface area contributed by atoms with Crippen LogP contribution in [-0.2, 0) is 13.1 Å². The van der Waals surface area contributed by atoms with Crippen LogP contribution in [0.2, 0.25) is 0 Å². The molecule has 0 saturated carbocycles. The number of halogens is 1. The maximum Gasteiger partial charge on any atom is 0.123 e. The number of aryl methyl sites for hydroxylation is 3. The molecule has 2 nitrogen and oxygen atoms in total. The van der Waals surface area contributed by atoms with E-state index in [9.17, 15) is 4.39 Å². The number of hydrogen-bond donors (Lipinski definition) is 0.